The zero-order chi connectivity index (χ0) is 24.4. The summed E-state index contributed by atoms with van der Waals surface area (Å²) >= 11 is 0. The van der Waals surface area contributed by atoms with E-state index in [0.29, 0.717) is 37.7 Å². The number of carbonyl (C=O) groups is 2. The monoisotopic (exact) mass is 455 g/mol. The highest BCUT2D eigenvalue weighted by atomic mass is 16.5. The molecule has 2 aromatic carbocycles. The molecule has 7 heteroatoms. The average molecular weight is 456 g/mol. The van der Waals surface area contributed by atoms with Crippen molar-refractivity contribution in [3.8, 4) is 11.5 Å². The Bertz CT molecular complexity index is 907. The van der Waals surface area contributed by atoms with Crippen molar-refractivity contribution >= 4 is 11.9 Å². The second-order valence-corrected chi connectivity index (χ2v) is 9.30. The number of ether oxygens (including phenoxy) is 2. The van der Waals surface area contributed by atoms with Crippen LogP contribution >= 0.6 is 0 Å². The molecule has 2 N–H and O–H groups in total. The number of hydrogen-bond acceptors (Lipinski definition) is 4. The molecule has 0 spiro atoms. The van der Waals surface area contributed by atoms with Crippen LogP contribution < -0.4 is 20.1 Å². The first kappa shape index (κ1) is 26.0. The number of nitrogens with one attached hydrogen (secondary N) is 2. The van der Waals surface area contributed by atoms with E-state index < -0.39 is 0 Å². The van der Waals surface area contributed by atoms with Crippen molar-refractivity contribution < 1.29 is 19.1 Å². The summed E-state index contributed by atoms with van der Waals surface area (Å²) in [6.07, 6.45) is 0. The van der Waals surface area contributed by atoms with Crippen LogP contribution in [0.2, 0.25) is 0 Å². The molecular formula is C26H37N3O4. The fourth-order valence-electron chi connectivity index (χ4n) is 3.21. The summed E-state index contributed by atoms with van der Waals surface area (Å²) in [6.45, 7) is 11.1. The van der Waals surface area contributed by atoms with Crippen LogP contribution in [0.4, 0.5) is 4.79 Å². The predicted octanol–water partition coefficient (Wildman–Crippen LogP) is 4.36. The topological polar surface area (TPSA) is 79.9 Å². The Labute approximate surface area is 197 Å². The molecule has 7 nitrogen and oxygen atoms in total. The van der Waals surface area contributed by atoms with Gasteiger partial charge in [-0.05, 0) is 44.0 Å². The summed E-state index contributed by atoms with van der Waals surface area (Å²) in [4.78, 5) is 26.6. The molecule has 0 saturated carbocycles. The van der Waals surface area contributed by atoms with Gasteiger partial charge in [-0.2, -0.15) is 0 Å². The molecule has 0 saturated heterocycles. The summed E-state index contributed by atoms with van der Waals surface area (Å²) in [6, 6.07) is 15.4. The van der Waals surface area contributed by atoms with E-state index in [2.05, 4.69) is 10.6 Å². The Balaban J connectivity index is 2.03. The van der Waals surface area contributed by atoms with Crippen LogP contribution in [0.5, 0.6) is 11.5 Å². The molecule has 2 aromatic rings. The van der Waals surface area contributed by atoms with Crippen LogP contribution in [-0.4, -0.2) is 42.6 Å². The summed E-state index contributed by atoms with van der Waals surface area (Å²) in [7, 11) is 1.60. The van der Waals surface area contributed by atoms with Gasteiger partial charge in [-0.25, -0.2) is 4.79 Å². The lowest BCUT2D eigenvalue weighted by molar-refractivity contribution is -0.135. The maximum absolute atomic E-state index is 12.8. The van der Waals surface area contributed by atoms with Gasteiger partial charge in [0, 0.05) is 31.1 Å². The van der Waals surface area contributed by atoms with Crippen molar-refractivity contribution in [2.24, 2.45) is 5.92 Å². The van der Waals surface area contributed by atoms with Crippen molar-refractivity contribution in [1.29, 1.82) is 0 Å². The van der Waals surface area contributed by atoms with E-state index in [1.165, 1.54) is 0 Å². The lowest BCUT2D eigenvalue weighted by Crippen LogP contribution is -2.48. The van der Waals surface area contributed by atoms with Crippen LogP contribution in [0.1, 0.15) is 45.7 Å². The molecule has 3 amide bonds. The molecule has 0 aromatic heterocycles. The van der Waals surface area contributed by atoms with E-state index in [4.69, 9.17) is 9.47 Å². The summed E-state index contributed by atoms with van der Waals surface area (Å²) in [5, 5.41) is 5.68. The van der Waals surface area contributed by atoms with Crippen LogP contribution in [0.3, 0.4) is 0 Å². The van der Waals surface area contributed by atoms with Crippen molar-refractivity contribution in [1.82, 2.24) is 15.5 Å². The van der Waals surface area contributed by atoms with Gasteiger partial charge in [-0.3, -0.25) is 4.79 Å². The maximum atomic E-state index is 12.8. The molecule has 0 heterocycles. The molecule has 0 aliphatic heterocycles. The third-order valence-electron chi connectivity index (χ3n) is 4.80. The van der Waals surface area contributed by atoms with Gasteiger partial charge in [-0.1, -0.05) is 50.2 Å². The number of carbonyl (C=O) groups excluding carboxylic acids is 2. The molecule has 0 radical (unpaired) electrons. The van der Waals surface area contributed by atoms with Crippen molar-refractivity contribution in [3.63, 3.8) is 0 Å². The predicted molar refractivity (Wildman–Crippen MR) is 130 cm³/mol. The molecule has 0 fully saturated rings. The lowest BCUT2D eigenvalue weighted by atomic mass is 10.1. The third-order valence-corrected chi connectivity index (χ3v) is 4.80. The number of hydrogen-bond donors (Lipinski definition) is 2. The lowest BCUT2D eigenvalue weighted by Gasteiger charge is -2.26. The van der Waals surface area contributed by atoms with Gasteiger partial charge in [0.05, 0.1) is 7.11 Å². The summed E-state index contributed by atoms with van der Waals surface area (Å²) in [5.74, 6) is 1.13. The van der Waals surface area contributed by atoms with Crippen LogP contribution in [-0.2, 0) is 17.9 Å². The Morgan fingerprint density at radius 3 is 2.30 bits per heavy atom. The van der Waals surface area contributed by atoms with Crippen LogP contribution in [0.25, 0.3) is 0 Å². The second kappa shape index (κ2) is 12.1. The zero-order valence-electron chi connectivity index (χ0n) is 20.6. The molecule has 0 atom stereocenters. The molecule has 2 rings (SSSR count). The molecule has 33 heavy (non-hydrogen) atoms. The number of rotatable bonds is 10. The van der Waals surface area contributed by atoms with Crippen LogP contribution in [0, 0.1) is 5.92 Å². The van der Waals surface area contributed by atoms with Crippen molar-refractivity contribution in [2.75, 3.05) is 20.2 Å². The van der Waals surface area contributed by atoms with E-state index in [0.717, 1.165) is 11.1 Å². The number of nitrogens with zero attached hydrogens (tertiary/aromatic N) is 1. The van der Waals surface area contributed by atoms with E-state index in [1.807, 2.05) is 83.1 Å². The van der Waals surface area contributed by atoms with Gasteiger partial charge in [0.15, 0.2) is 11.5 Å². The molecule has 0 unspecified atom stereocenters. The van der Waals surface area contributed by atoms with E-state index in [1.54, 1.807) is 12.0 Å². The van der Waals surface area contributed by atoms with E-state index in [9.17, 15) is 9.59 Å². The number of urea groups is 1. The molecule has 0 aliphatic rings. The normalized spacial score (nSPS) is 11.1. The Morgan fingerprint density at radius 2 is 1.70 bits per heavy atom. The minimum Gasteiger partial charge on any atom is -0.493 e. The SMILES string of the molecule is COc1cc(CN(CCNC(=O)NC(C)(C)C)C(=O)C(C)C)ccc1OCc1ccccc1. The maximum Gasteiger partial charge on any atom is 0.315 e. The fourth-order valence-corrected chi connectivity index (χ4v) is 3.21. The van der Waals surface area contributed by atoms with E-state index >= 15 is 0 Å². The Kier molecular flexibility index (Phi) is 9.57. The highest BCUT2D eigenvalue weighted by molar-refractivity contribution is 5.78. The van der Waals surface area contributed by atoms with Gasteiger partial charge >= 0.3 is 6.03 Å². The quantitative estimate of drug-likeness (QED) is 0.558. The van der Waals surface area contributed by atoms with Gasteiger partial charge < -0.3 is 25.0 Å². The molecular weight excluding hydrogens is 418 g/mol. The van der Waals surface area contributed by atoms with Gasteiger partial charge in [0.25, 0.3) is 0 Å². The molecule has 0 bridgehead atoms. The van der Waals surface area contributed by atoms with Crippen molar-refractivity contribution in [3.05, 3.63) is 59.7 Å². The van der Waals surface area contributed by atoms with Crippen molar-refractivity contribution in [2.45, 2.75) is 53.3 Å². The summed E-state index contributed by atoms with van der Waals surface area (Å²) < 4.78 is 11.5. The minimum absolute atomic E-state index is 0.0244. The average Bonchev–Trinajstić information content (AvgIpc) is 2.76. The van der Waals surface area contributed by atoms with E-state index in [-0.39, 0.29) is 23.4 Å². The number of amides is 3. The smallest absolute Gasteiger partial charge is 0.315 e. The zero-order valence-corrected chi connectivity index (χ0v) is 20.6. The van der Waals surface area contributed by atoms with Gasteiger partial charge in [0.2, 0.25) is 5.91 Å². The highest BCUT2D eigenvalue weighted by Gasteiger charge is 2.19. The van der Waals surface area contributed by atoms with Gasteiger partial charge in [-0.15, -0.1) is 0 Å². The van der Waals surface area contributed by atoms with Gasteiger partial charge in [0.1, 0.15) is 6.61 Å². The molecule has 180 valence electrons. The van der Waals surface area contributed by atoms with Crippen LogP contribution in [0.15, 0.2) is 48.5 Å². The first-order valence-electron chi connectivity index (χ1n) is 11.3. The second-order valence-electron chi connectivity index (χ2n) is 9.30. The Morgan fingerprint density at radius 1 is 1.00 bits per heavy atom. The largest absolute Gasteiger partial charge is 0.493 e. The fraction of sp³-hybridized carbons (Fsp3) is 0.462. The number of benzene rings is 2. The first-order valence-corrected chi connectivity index (χ1v) is 11.3. The number of methoxy groups -OCH3 is 1. The minimum atomic E-state index is -0.321. The summed E-state index contributed by atoms with van der Waals surface area (Å²) in [5.41, 5.74) is 1.67. The first-order chi connectivity index (χ1) is 15.6. The standard InChI is InChI=1S/C26H37N3O4/c1-19(2)24(30)29(15-14-27-25(31)28-26(3,4)5)17-21-12-13-22(23(16-21)32-6)33-18-20-10-8-7-9-11-20/h7-13,16,19H,14-15,17-18H2,1-6H3,(H2,27,28,31). The third kappa shape index (κ3) is 9.04. The molecule has 0 aliphatic carbocycles. The highest BCUT2D eigenvalue weighted by Crippen LogP contribution is 2.29. The Hall–Kier alpha value is -3.22.